The number of hydrogen-bond donors (Lipinski definition) is 0. The number of aromatic nitrogens is 2. The minimum atomic E-state index is -0.339. The molecule has 0 unspecified atom stereocenters. The molecule has 0 N–H and O–H groups in total. The van der Waals surface area contributed by atoms with Gasteiger partial charge in [0.2, 0.25) is 0 Å². The van der Waals surface area contributed by atoms with Gasteiger partial charge in [0.15, 0.2) is 10.9 Å². The third-order valence-electron chi connectivity index (χ3n) is 2.06. The van der Waals surface area contributed by atoms with Crippen LogP contribution in [0.2, 0.25) is 5.15 Å². The smallest absolute Gasteiger partial charge is 0.182 e. The van der Waals surface area contributed by atoms with Crippen LogP contribution in [0.5, 0.6) is 5.75 Å². The highest BCUT2D eigenvalue weighted by atomic mass is 35.5. The molecule has 0 fully saturated rings. The predicted molar refractivity (Wildman–Crippen MR) is 59.0 cm³/mol. The summed E-state index contributed by atoms with van der Waals surface area (Å²) in [6.45, 7) is 0. The van der Waals surface area contributed by atoms with Crippen LogP contribution < -0.4 is 4.74 Å². The molecular formula is C11H8ClFN2O. The van der Waals surface area contributed by atoms with Gasteiger partial charge < -0.3 is 4.74 Å². The van der Waals surface area contributed by atoms with Crippen LogP contribution in [0.15, 0.2) is 30.6 Å². The van der Waals surface area contributed by atoms with E-state index in [0.717, 1.165) is 0 Å². The van der Waals surface area contributed by atoms with Crippen molar-refractivity contribution in [3.63, 3.8) is 0 Å². The van der Waals surface area contributed by atoms with E-state index in [9.17, 15) is 4.39 Å². The third kappa shape index (κ3) is 1.97. The van der Waals surface area contributed by atoms with Gasteiger partial charge in [0.25, 0.3) is 0 Å². The molecule has 1 heterocycles. The zero-order valence-corrected chi connectivity index (χ0v) is 9.20. The molecule has 2 rings (SSSR count). The SMILES string of the molecule is COc1c(Cl)ncnc1-c1cccc(F)c1. The van der Waals surface area contributed by atoms with Crippen molar-refractivity contribution in [3.05, 3.63) is 41.6 Å². The molecule has 16 heavy (non-hydrogen) atoms. The molecule has 0 amide bonds. The monoisotopic (exact) mass is 238 g/mol. The van der Waals surface area contributed by atoms with Crippen LogP contribution in [-0.4, -0.2) is 17.1 Å². The van der Waals surface area contributed by atoms with Gasteiger partial charge in [-0.05, 0) is 12.1 Å². The van der Waals surface area contributed by atoms with Crippen LogP contribution in [0.1, 0.15) is 0 Å². The average molecular weight is 239 g/mol. The van der Waals surface area contributed by atoms with E-state index < -0.39 is 0 Å². The van der Waals surface area contributed by atoms with E-state index in [4.69, 9.17) is 16.3 Å². The van der Waals surface area contributed by atoms with Gasteiger partial charge in [0.05, 0.1) is 7.11 Å². The molecule has 5 heteroatoms. The molecule has 0 aliphatic carbocycles. The summed E-state index contributed by atoms with van der Waals surface area (Å²) >= 11 is 5.85. The van der Waals surface area contributed by atoms with Crippen molar-refractivity contribution in [1.29, 1.82) is 0 Å². The summed E-state index contributed by atoms with van der Waals surface area (Å²) in [7, 11) is 1.47. The number of methoxy groups -OCH3 is 1. The van der Waals surface area contributed by atoms with Gasteiger partial charge in [-0.2, -0.15) is 0 Å². The molecule has 0 aliphatic rings. The van der Waals surface area contributed by atoms with Crippen molar-refractivity contribution < 1.29 is 9.13 Å². The van der Waals surface area contributed by atoms with Crippen molar-refractivity contribution in [1.82, 2.24) is 9.97 Å². The Balaban J connectivity index is 2.60. The summed E-state index contributed by atoms with van der Waals surface area (Å²) in [4.78, 5) is 7.83. The molecule has 0 saturated heterocycles. The highest BCUT2D eigenvalue weighted by molar-refractivity contribution is 6.31. The minimum absolute atomic E-state index is 0.205. The molecule has 0 spiro atoms. The fraction of sp³-hybridized carbons (Fsp3) is 0.0909. The molecule has 0 aliphatic heterocycles. The van der Waals surface area contributed by atoms with Crippen molar-refractivity contribution >= 4 is 11.6 Å². The van der Waals surface area contributed by atoms with Crippen LogP contribution in [0.25, 0.3) is 11.3 Å². The van der Waals surface area contributed by atoms with Gasteiger partial charge in [-0.15, -0.1) is 0 Å². The highest BCUT2D eigenvalue weighted by Gasteiger charge is 2.12. The van der Waals surface area contributed by atoms with Gasteiger partial charge in [-0.25, -0.2) is 14.4 Å². The summed E-state index contributed by atoms with van der Waals surface area (Å²) in [5, 5.41) is 0.205. The Labute approximate surface area is 96.9 Å². The van der Waals surface area contributed by atoms with Crippen molar-refractivity contribution in [2.24, 2.45) is 0 Å². The molecule has 0 radical (unpaired) electrons. The molecular weight excluding hydrogens is 231 g/mol. The lowest BCUT2D eigenvalue weighted by Crippen LogP contribution is -1.94. The first-order valence-electron chi connectivity index (χ1n) is 4.53. The molecule has 0 atom stereocenters. The lowest BCUT2D eigenvalue weighted by atomic mass is 10.1. The molecule has 0 bridgehead atoms. The molecule has 1 aromatic heterocycles. The topological polar surface area (TPSA) is 35.0 Å². The quantitative estimate of drug-likeness (QED) is 0.755. The van der Waals surface area contributed by atoms with E-state index in [0.29, 0.717) is 17.0 Å². The first kappa shape index (κ1) is 10.8. The average Bonchev–Trinajstić information content (AvgIpc) is 2.28. The fourth-order valence-electron chi connectivity index (χ4n) is 1.37. The summed E-state index contributed by atoms with van der Waals surface area (Å²) in [6.07, 6.45) is 1.31. The second-order valence-electron chi connectivity index (χ2n) is 3.06. The Morgan fingerprint density at radius 1 is 1.31 bits per heavy atom. The largest absolute Gasteiger partial charge is 0.491 e. The van der Waals surface area contributed by atoms with Crippen molar-refractivity contribution in [2.45, 2.75) is 0 Å². The van der Waals surface area contributed by atoms with Crippen molar-refractivity contribution in [3.8, 4) is 17.0 Å². The lowest BCUT2D eigenvalue weighted by molar-refractivity contribution is 0.413. The fourth-order valence-corrected chi connectivity index (χ4v) is 1.58. The summed E-state index contributed by atoms with van der Waals surface area (Å²) in [6, 6.07) is 6.05. The van der Waals surface area contributed by atoms with Gasteiger partial charge in [-0.3, -0.25) is 0 Å². The van der Waals surface area contributed by atoms with E-state index >= 15 is 0 Å². The number of nitrogens with zero attached hydrogens (tertiary/aromatic N) is 2. The first-order valence-corrected chi connectivity index (χ1v) is 4.90. The Morgan fingerprint density at radius 2 is 2.12 bits per heavy atom. The zero-order valence-electron chi connectivity index (χ0n) is 8.45. The summed E-state index contributed by atoms with van der Waals surface area (Å²) < 4.78 is 18.2. The second-order valence-corrected chi connectivity index (χ2v) is 3.41. The Hall–Kier alpha value is -1.68. The molecule has 1 aromatic carbocycles. The van der Waals surface area contributed by atoms with E-state index in [-0.39, 0.29) is 11.0 Å². The minimum Gasteiger partial charge on any atom is -0.491 e. The van der Waals surface area contributed by atoms with Gasteiger partial charge in [-0.1, -0.05) is 23.7 Å². The first-order chi connectivity index (χ1) is 7.72. The summed E-state index contributed by atoms with van der Waals surface area (Å²) in [5.74, 6) is 0.00375. The van der Waals surface area contributed by atoms with E-state index in [1.54, 1.807) is 12.1 Å². The number of halogens is 2. The van der Waals surface area contributed by atoms with E-state index in [1.807, 2.05) is 0 Å². The number of rotatable bonds is 2. The second kappa shape index (κ2) is 4.45. The summed E-state index contributed by atoms with van der Waals surface area (Å²) in [5.41, 5.74) is 1.07. The Bertz CT molecular complexity index is 519. The van der Waals surface area contributed by atoms with Gasteiger partial charge >= 0.3 is 0 Å². The van der Waals surface area contributed by atoms with Crippen LogP contribution >= 0.6 is 11.6 Å². The zero-order chi connectivity index (χ0) is 11.5. The Kier molecular flexibility index (Phi) is 3.01. The number of hydrogen-bond acceptors (Lipinski definition) is 3. The molecule has 3 nitrogen and oxygen atoms in total. The highest BCUT2D eigenvalue weighted by Crippen LogP contribution is 2.32. The van der Waals surface area contributed by atoms with Crippen LogP contribution in [0.3, 0.4) is 0 Å². The molecule has 2 aromatic rings. The number of benzene rings is 1. The number of ether oxygens (including phenoxy) is 1. The standard InChI is InChI=1S/C11H8ClFN2O/c1-16-10-9(14-6-15-11(10)12)7-3-2-4-8(13)5-7/h2-6H,1H3. The maximum absolute atomic E-state index is 13.1. The maximum atomic E-state index is 13.1. The van der Waals surface area contributed by atoms with Gasteiger partial charge in [0, 0.05) is 5.56 Å². The molecule has 82 valence electrons. The van der Waals surface area contributed by atoms with E-state index in [2.05, 4.69) is 9.97 Å². The normalized spacial score (nSPS) is 10.2. The predicted octanol–water partition coefficient (Wildman–Crippen LogP) is 2.94. The lowest BCUT2D eigenvalue weighted by Gasteiger charge is -2.07. The van der Waals surface area contributed by atoms with Crippen LogP contribution in [-0.2, 0) is 0 Å². The van der Waals surface area contributed by atoms with Crippen LogP contribution in [0.4, 0.5) is 4.39 Å². The van der Waals surface area contributed by atoms with Gasteiger partial charge in [0.1, 0.15) is 17.8 Å². The van der Waals surface area contributed by atoms with Crippen LogP contribution in [0, 0.1) is 5.82 Å². The maximum Gasteiger partial charge on any atom is 0.182 e. The Morgan fingerprint density at radius 3 is 2.81 bits per heavy atom. The molecule has 0 saturated carbocycles. The third-order valence-corrected chi connectivity index (χ3v) is 2.33. The van der Waals surface area contributed by atoms with Crippen molar-refractivity contribution in [2.75, 3.05) is 7.11 Å². The van der Waals surface area contributed by atoms with E-state index in [1.165, 1.54) is 25.6 Å².